The van der Waals surface area contributed by atoms with Crippen molar-refractivity contribution in [2.45, 2.75) is 140 Å². The number of benzene rings is 2. The zero-order chi connectivity index (χ0) is 52.1. The number of H-pyrrole nitrogens is 1. The Morgan fingerprint density at radius 2 is 1.32 bits per heavy atom. The minimum absolute atomic E-state index is 0.0234. The molecule has 2 fully saturated rings. The monoisotopic (exact) mass is 987 g/mol. The van der Waals surface area contributed by atoms with Crippen LogP contribution in [0.3, 0.4) is 0 Å². The van der Waals surface area contributed by atoms with Crippen molar-refractivity contribution in [3.63, 3.8) is 0 Å². The molecule has 0 saturated carbocycles. The van der Waals surface area contributed by atoms with Crippen LogP contribution in [0.2, 0.25) is 0 Å². The summed E-state index contributed by atoms with van der Waals surface area (Å²) in [6, 6.07) is 4.66. The van der Waals surface area contributed by atoms with Crippen LogP contribution in [0, 0.1) is 5.92 Å². The number of aromatic nitrogens is 1. The van der Waals surface area contributed by atoms with E-state index in [1.54, 1.807) is 56.4 Å². The number of fused-ring (bicyclic) bond motifs is 1. The molecule has 2 saturated heterocycles. The highest BCUT2D eigenvalue weighted by Gasteiger charge is 2.42. The van der Waals surface area contributed by atoms with Gasteiger partial charge in [-0.3, -0.25) is 47.9 Å². The summed E-state index contributed by atoms with van der Waals surface area (Å²) in [6.07, 6.45) is -1.19. The van der Waals surface area contributed by atoms with Crippen molar-refractivity contribution >= 4 is 70.0 Å². The zero-order valence-corrected chi connectivity index (χ0v) is 40.1. The van der Waals surface area contributed by atoms with Gasteiger partial charge in [0.1, 0.15) is 48.3 Å². The molecule has 5 rings (SSSR count). The number of carbonyl (C=O) groups excluding carboxylic acids is 10. The average Bonchev–Trinajstić information content (AvgIpc) is 4.11. The number of carbonyl (C=O) groups is 10. The predicted molar refractivity (Wildman–Crippen MR) is 255 cm³/mol. The molecule has 11 atom stereocenters. The lowest BCUT2D eigenvalue weighted by Crippen LogP contribution is -2.63. The molecule has 0 aliphatic carbocycles. The van der Waals surface area contributed by atoms with Crippen LogP contribution in [0.4, 0.5) is 0 Å². The van der Waals surface area contributed by atoms with Crippen molar-refractivity contribution in [3.8, 4) is 0 Å². The first kappa shape index (κ1) is 54.5. The van der Waals surface area contributed by atoms with E-state index in [1.165, 1.54) is 13.8 Å². The topological polar surface area (TPSA) is 366 Å². The third-order valence-electron chi connectivity index (χ3n) is 12.8. The third kappa shape index (κ3) is 14.6. The van der Waals surface area contributed by atoms with E-state index in [1.807, 2.05) is 18.2 Å². The molecule has 2 aromatic carbocycles. The molecule has 0 bridgehead atoms. The standard InChI is InChI=1S/C48H65N11O12/c1-5-24(2)38(56-42(65)31-17-18-37(63)52-31)46(69)57-39(25(3)60)47(70)55-33(20-27-12-7-6-8-13-27)44(67)58-40(26(4)61)48(71)59-19-11-16-35(59)45(68)54-34(22-36(49)62)43(66)53-32(41(50)64)21-28-23-51-30-15-10-9-14-29(28)30/h6-10,12-15,23-26,31-35,38-40,51,60-61H,5,11,16-22H2,1-4H3,(H2,49,62)(H2,50,64)(H,52,63)(H,53,66)(H,54,68)(H,55,70)(H,56,65)(H,57,69)(H,58,67)/t24?,25-,26-,31?,32+,33+,34+,35?,38+,39+,40+/m1/s1. The van der Waals surface area contributed by atoms with Gasteiger partial charge in [0.2, 0.25) is 59.1 Å². The second kappa shape index (κ2) is 24.9. The number of primary amides is 2. The van der Waals surface area contributed by atoms with Crippen molar-refractivity contribution in [2.24, 2.45) is 17.4 Å². The van der Waals surface area contributed by atoms with Gasteiger partial charge in [-0.05, 0) is 56.2 Å². The largest absolute Gasteiger partial charge is 0.391 e. The van der Waals surface area contributed by atoms with E-state index in [0.717, 1.165) is 15.8 Å². The predicted octanol–water partition coefficient (Wildman–Crippen LogP) is -2.70. The van der Waals surface area contributed by atoms with Crippen molar-refractivity contribution in [1.29, 1.82) is 0 Å². The van der Waals surface area contributed by atoms with Crippen LogP contribution in [0.1, 0.15) is 77.3 Å². The lowest BCUT2D eigenvalue weighted by Gasteiger charge is -2.32. The average molecular weight is 988 g/mol. The Morgan fingerprint density at radius 1 is 0.704 bits per heavy atom. The van der Waals surface area contributed by atoms with Crippen LogP contribution in [-0.4, -0.2) is 146 Å². The Bertz CT molecular complexity index is 2450. The number of hydrogen-bond acceptors (Lipinski definition) is 12. The van der Waals surface area contributed by atoms with Crippen LogP contribution < -0.4 is 48.7 Å². The van der Waals surface area contributed by atoms with Crippen LogP contribution in [0.15, 0.2) is 60.8 Å². The summed E-state index contributed by atoms with van der Waals surface area (Å²) in [7, 11) is 0. The molecule has 2 aliphatic rings. The van der Waals surface area contributed by atoms with Crippen LogP contribution in [-0.2, 0) is 60.8 Å². The molecule has 0 spiro atoms. The Balaban J connectivity index is 1.30. The van der Waals surface area contributed by atoms with Crippen molar-refractivity contribution in [2.75, 3.05) is 6.54 Å². The molecule has 71 heavy (non-hydrogen) atoms. The fourth-order valence-electron chi connectivity index (χ4n) is 8.55. The summed E-state index contributed by atoms with van der Waals surface area (Å²) in [4.78, 5) is 138. The molecule has 14 N–H and O–H groups in total. The van der Waals surface area contributed by atoms with E-state index >= 15 is 0 Å². The van der Waals surface area contributed by atoms with Gasteiger partial charge in [-0.15, -0.1) is 0 Å². The summed E-state index contributed by atoms with van der Waals surface area (Å²) in [6.45, 7) is 5.92. The number of likely N-dealkylation sites (tertiary alicyclic amines) is 1. The molecule has 23 heteroatoms. The Morgan fingerprint density at radius 3 is 1.94 bits per heavy atom. The van der Waals surface area contributed by atoms with Gasteiger partial charge < -0.3 is 68.8 Å². The van der Waals surface area contributed by atoms with Crippen LogP contribution >= 0.6 is 0 Å². The number of aliphatic hydroxyl groups excluding tert-OH is 2. The fourth-order valence-corrected chi connectivity index (χ4v) is 8.55. The molecular formula is C48H65N11O12. The lowest BCUT2D eigenvalue weighted by molar-refractivity contribution is -0.145. The maximum atomic E-state index is 14.3. The quantitative estimate of drug-likeness (QED) is 0.0437. The molecule has 384 valence electrons. The molecule has 1 aromatic heterocycles. The first-order valence-electron chi connectivity index (χ1n) is 23.6. The first-order valence-corrected chi connectivity index (χ1v) is 23.6. The number of hydrogen-bond donors (Lipinski definition) is 12. The molecular weight excluding hydrogens is 923 g/mol. The van der Waals surface area contributed by atoms with Gasteiger partial charge in [0.25, 0.3) is 0 Å². The summed E-state index contributed by atoms with van der Waals surface area (Å²) in [5, 5.41) is 40.2. The summed E-state index contributed by atoms with van der Waals surface area (Å²) < 4.78 is 0. The van der Waals surface area contributed by atoms with E-state index in [4.69, 9.17) is 11.5 Å². The number of para-hydroxylation sites is 1. The van der Waals surface area contributed by atoms with Crippen LogP contribution in [0.25, 0.3) is 10.9 Å². The maximum Gasteiger partial charge on any atom is 0.248 e. The van der Waals surface area contributed by atoms with Gasteiger partial charge in [0, 0.05) is 42.9 Å². The Hall–Kier alpha value is -7.40. The Kier molecular flexibility index (Phi) is 19.2. The number of nitrogens with two attached hydrogens (primary N) is 2. The number of nitrogens with one attached hydrogen (secondary N) is 8. The van der Waals surface area contributed by atoms with Gasteiger partial charge >= 0.3 is 0 Å². The van der Waals surface area contributed by atoms with E-state index in [0.29, 0.717) is 17.5 Å². The summed E-state index contributed by atoms with van der Waals surface area (Å²) >= 11 is 0. The molecule has 3 aromatic rings. The second-order valence-electron chi connectivity index (χ2n) is 18.2. The minimum atomic E-state index is -1.70. The minimum Gasteiger partial charge on any atom is -0.391 e. The number of amides is 10. The van der Waals surface area contributed by atoms with Gasteiger partial charge in [-0.2, -0.15) is 0 Å². The highest BCUT2D eigenvalue weighted by atomic mass is 16.3. The molecule has 2 aliphatic heterocycles. The van der Waals surface area contributed by atoms with Crippen molar-refractivity contribution in [1.82, 2.24) is 47.1 Å². The number of rotatable bonds is 24. The van der Waals surface area contributed by atoms with Crippen molar-refractivity contribution in [3.05, 3.63) is 71.9 Å². The number of aliphatic hydroxyl groups is 2. The summed E-state index contributed by atoms with van der Waals surface area (Å²) in [5.74, 6) is -8.74. The molecule has 3 heterocycles. The molecule has 0 radical (unpaired) electrons. The van der Waals surface area contributed by atoms with Crippen LogP contribution in [0.5, 0.6) is 0 Å². The van der Waals surface area contributed by atoms with Gasteiger partial charge in [-0.25, -0.2) is 0 Å². The lowest BCUT2D eigenvalue weighted by atomic mass is 9.97. The molecule has 10 amide bonds. The second-order valence-corrected chi connectivity index (χ2v) is 18.2. The fraction of sp³-hybridized carbons (Fsp3) is 0.500. The molecule has 3 unspecified atom stereocenters. The smallest absolute Gasteiger partial charge is 0.248 e. The highest BCUT2D eigenvalue weighted by Crippen LogP contribution is 2.22. The SMILES string of the molecule is CCC(C)[C@H](NC(=O)C1CCC(=O)N1)C(=O)N[C@H](C(=O)N[C@@H](Cc1ccccc1)C(=O)N[C@H](C(=O)N1CCCC1C(=O)N[C@@H](CC(N)=O)C(=O)N[C@@H](Cc1c[nH]c2ccccc12)C(N)=O)[C@@H](C)O)[C@@H](C)O. The highest BCUT2D eigenvalue weighted by molar-refractivity contribution is 6.00. The third-order valence-corrected chi connectivity index (χ3v) is 12.8. The van der Waals surface area contributed by atoms with Gasteiger partial charge in [0.15, 0.2) is 0 Å². The van der Waals surface area contributed by atoms with Crippen molar-refractivity contribution < 1.29 is 58.2 Å². The normalized spacial score (nSPS) is 19.3. The summed E-state index contributed by atoms with van der Waals surface area (Å²) in [5.41, 5.74) is 13.1. The number of aromatic amines is 1. The zero-order valence-electron chi connectivity index (χ0n) is 40.1. The maximum absolute atomic E-state index is 14.3. The van der Waals surface area contributed by atoms with E-state index in [2.05, 4.69) is 42.2 Å². The Labute approximate surface area is 409 Å². The first-order chi connectivity index (χ1) is 33.7. The molecule has 23 nitrogen and oxygen atoms in total. The van der Waals surface area contributed by atoms with E-state index in [-0.39, 0.29) is 51.0 Å². The van der Waals surface area contributed by atoms with Gasteiger partial charge in [-0.1, -0.05) is 68.8 Å². The number of nitrogens with zero attached hydrogens (tertiary/aromatic N) is 1. The van der Waals surface area contributed by atoms with E-state index < -0.39 is 126 Å². The van der Waals surface area contributed by atoms with Gasteiger partial charge in [0.05, 0.1) is 18.6 Å². The van der Waals surface area contributed by atoms with E-state index in [9.17, 15) is 58.2 Å².